The van der Waals surface area contributed by atoms with Crippen LogP contribution < -0.4 is 5.32 Å². The van der Waals surface area contributed by atoms with Gasteiger partial charge < -0.3 is 14.8 Å². The first-order valence-electron chi connectivity index (χ1n) is 4.90. The number of carbonyl (C=O) groups is 1. The number of hydrogen-bond acceptors (Lipinski definition) is 4. The number of carbonyl (C=O) groups excluding carboxylic acids is 1. The van der Waals surface area contributed by atoms with Crippen LogP contribution in [-0.4, -0.2) is 39.2 Å². The molecule has 0 aromatic carbocycles. The molecule has 0 aromatic rings. The minimum atomic E-state index is 0.0285. The molecular weight excluding hydrogens is 182 g/mol. The average Bonchev–Trinajstić information content (AvgIpc) is 2.25. The second-order valence-electron chi connectivity index (χ2n) is 3.15. The number of nitrogens with one attached hydrogen (secondary N) is 1. The van der Waals surface area contributed by atoms with E-state index in [0.717, 1.165) is 12.8 Å². The molecule has 0 fully saturated rings. The van der Waals surface area contributed by atoms with Crippen LogP contribution in [0.4, 0.5) is 0 Å². The van der Waals surface area contributed by atoms with Crippen molar-refractivity contribution in [2.45, 2.75) is 12.8 Å². The lowest BCUT2D eigenvalue weighted by Gasteiger charge is -2.13. The maximum absolute atomic E-state index is 11.5. The summed E-state index contributed by atoms with van der Waals surface area (Å²) in [6, 6.07) is 0. The van der Waals surface area contributed by atoms with Crippen molar-refractivity contribution in [3.8, 4) is 0 Å². The minimum absolute atomic E-state index is 0.0285. The van der Waals surface area contributed by atoms with Crippen LogP contribution in [0.2, 0.25) is 0 Å². The highest BCUT2D eigenvalue weighted by molar-refractivity contribution is 5.95. The third-order valence-corrected chi connectivity index (χ3v) is 1.98. The summed E-state index contributed by atoms with van der Waals surface area (Å²) >= 11 is 0. The number of hydrogen-bond donors (Lipinski definition) is 1. The average molecular weight is 199 g/mol. The van der Waals surface area contributed by atoms with Crippen LogP contribution in [0.5, 0.6) is 0 Å². The number of Topliss-reactive ketones (excluding diaryl/α,β-unsaturated/α-hetero) is 1. The third-order valence-electron chi connectivity index (χ3n) is 1.98. The standard InChI is InChI=1S/C10H17NO3/c1-13-7-5-11-8-9(12)10-4-2-3-6-14-10/h4,11H,2-3,5-8H2,1H3. The molecular formula is C10H17NO3. The van der Waals surface area contributed by atoms with Gasteiger partial charge in [-0.15, -0.1) is 0 Å². The highest BCUT2D eigenvalue weighted by Gasteiger charge is 2.12. The summed E-state index contributed by atoms with van der Waals surface area (Å²) in [5.41, 5.74) is 0. The summed E-state index contributed by atoms with van der Waals surface area (Å²) in [6.07, 6.45) is 3.82. The minimum Gasteiger partial charge on any atom is -0.490 e. The Morgan fingerprint density at radius 2 is 2.57 bits per heavy atom. The highest BCUT2D eigenvalue weighted by Crippen LogP contribution is 2.09. The normalized spacial score (nSPS) is 15.9. The largest absolute Gasteiger partial charge is 0.490 e. The Kier molecular flexibility index (Phi) is 5.25. The van der Waals surface area contributed by atoms with Gasteiger partial charge in [0.05, 0.1) is 19.8 Å². The predicted octanol–water partition coefficient (Wildman–Crippen LogP) is 0.486. The van der Waals surface area contributed by atoms with Gasteiger partial charge in [-0.05, 0) is 18.9 Å². The van der Waals surface area contributed by atoms with Crippen molar-refractivity contribution in [3.05, 3.63) is 11.8 Å². The van der Waals surface area contributed by atoms with Crippen LogP contribution in [0.15, 0.2) is 11.8 Å². The first-order valence-corrected chi connectivity index (χ1v) is 4.90. The Balaban J connectivity index is 2.17. The Morgan fingerprint density at radius 1 is 1.71 bits per heavy atom. The second-order valence-corrected chi connectivity index (χ2v) is 3.15. The molecule has 1 rings (SSSR count). The van der Waals surface area contributed by atoms with Gasteiger partial charge in [0.25, 0.3) is 0 Å². The predicted molar refractivity (Wildman–Crippen MR) is 53.0 cm³/mol. The van der Waals surface area contributed by atoms with Crippen LogP contribution in [0.25, 0.3) is 0 Å². The summed E-state index contributed by atoms with van der Waals surface area (Å²) < 4.78 is 10.1. The molecule has 0 saturated carbocycles. The molecule has 0 radical (unpaired) electrons. The van der Waals surface area contributed by atoms with Crippen LogP contribution in [0, 0.1) is 0 Å². The topological polar surface area (TPSA) is 47.6 Å². The molecule has 0 bridgehead atoms. The SMILES string of the molecule is COCCNCC(=O)C1=CCCCO1. The molecule has 0 aromatic heterocycles. The third kappa shape index (κ3) is 3.89. The van der Waals surface area contributed by atoms with Gasteiger partial charge in [0.2, 0.25) is 5.78 Å². The van der Waals surface area contributed by atoms with Crippen molar-refractivity contribution >= 4 is 5.78 Å². The fourth-order valence-corrected chi connectivity index (χ4v) is 1.22. The molecule has 4 nitrogen and oxygen atoms in total. The molecule has 1 N–H and O–H groups in total. The maximum Gasteiger partial charge on any atom is 0.210 e. The van der Waals surface area contributed by atoms with Gasteiger partial charge in [-0.3, -0.25) is 4.79 Å². The van der Waals surface area contributed by atoms with E-state index < -0.39 is 0 Å². The van der Waals surface area contributed by atoms with Crippen molar-refractivity contribution in [3.63, 3.8) is 0 Å². The van der Waals surface area contributed by atoms with Gasteiger partial charge >= 0.3 is 0 Å². The number of methoxy groups -OCH3 is 1. The molecule has 0 spiro atoms. The molecule has 0 amide bonds. The number of ketones is 1. The zero-order chi connectivity index (χ0) is 10.2. The lowest BCUT2D eigenvalue weighted by molar-refractivity contribution is -0.118. The fraction of sp³-hybridized carbons (Fsp3) is 0.700. The van der Waals surface area contributed by atoms with E-state index in [0.29, 0.717) is 32.1 Å². The Bertz CT molecular complexity index is 213. The van der Waals surface area contributed by atoms with E-state index in [1.54, 1.807) is 7.11 Å². The van der Waals surface area contributed by atoms with Crippen LogP contribution >= 0.6 is 0 Å². The van der Waals surface area contributed by atoms with Crippen molar-refractivity contribution in [1.82, 2.24) is 5.32 Å². The fourth-order valence-electron chi connectivity index (χ4n) is 1.22. The Morgan fingerprint density at radius 3 is 3.21 bits per heavy atom. The second kappa shape index (κ2) is 6.56. The summed E-state index contributed by atoms with van der Waals surface area (Å²) in [5, 5.41) is 2.99. The van der Waals surface area contributed by atoms with Gasteiger partial charge in [0.1, 0.15) is 0 Å². The first-order chi connectivity index (χ1) is 6.84. The summed E-state index contributed by atoms with van der Waals surface area (Å²) in [7, 11) is 1.64. The quantitative estimate of drug-likeness (QED) is 0.632. The van der Waals surface area contributed by atoms with E-state index in [2.05, 4.69) is 5.32 Å². The maximum atomic E-state index is 11.5. The highest BCUT2D eigenvalue weighted by atomic mass is 16.5. The molecule has 0 unspecified atom stereocenters. The van der Waals surface area contributed by atoms with E-state index in [1.807, 2.05) is 6.08 Å². The smallest absolute Gasteiger partial charge is 0.210 e. The number of allylic oxidation sites excluding steroid dienone is 1. The molecule has 1 aliphatic heterocycles. The van der Waals surface area contributed by atoms with Gasteiger partial charge in [-0.1, -0.05) is 0 Å². The van der Waals surface area contributed by atoms with E-state index in [4.69, 9.17) is 9.47 Å². The van der Waals surface area contributed by atoms with Crippen molar-refractivity contribution in [2.75, 3.05) is 33.4 Å². The van der Waals surface area contributed by atoms with Crippen molar-refractivity contribution < 1.29 is 14.3 Å². The van der Waals surface area contributed by atoms with Crippen LogP contribution in [0.3, 0.4) is 0 Å². The monoisotopic (exact) mass is 199 g/mol. The molecule has 0 atom stereocenters. The van der Waals surface area contributed by atoms with Gasteiger partial charge in [-0.2, -0.15) is 0 Å². The Hall–Kier alpha value is -0.870. The first kappa shape index (κ1) is 11.2. The molecule has 1 aliphatic rings. The van der Waals surface area contributed by atoms with E-state index in [-0.39, 0.29) is 5.78 Å². The molecule has 80 valence electrons. The van der Waals surface area contributed by atoms with Gasteiger partial charge in [0.15, 0.2) is 5.76 Å². The van der Waals surface area contributed by atoms with Crippen LogP contribution in [-0.2, 0) is 14.3 Å². The Labute approximate surface area is 84.3 Å². The van der Waals surface area contributed by atoms with Gasteiger partial charge in [-0.25, -0.2) is 0 Å². The molecule has 14 heavy (non-hydrogen) atoms. The zero-order valence-electron chi connectivity index (χ0n) is 8.54. The van der Waals surface area contributed by atoms with E-state index in [9.17, 15) is 4.79 Å². The van der Waals surface area contributed by atoms with Crippen molar-refractivity contribution in [2.24, 2.45) is 0 Å². The molecule has 0 aliphatic carbocycles. The summed E-state index contributed by atoms with van der Waals surface area (Å²) in [6.45, 7) is 2.30. The molecule has 4 heteroatoms. The lowest BCUT2D eigenvalue weighted by atomic mass is 10.2. The van der Waals surface area contributed by atoms with E-state index in [1.165, 1.54) is 0 Å². The summed E-state index contributed by atoms with van der Waals surface area (Å²) in [5.74, 6) is 0.543. The van der Waals surface area contributed by atoms with Crippen LogP contribution in [0.1, 0.15) is 12.8 Å². The lowest BCUT2D eigenvalue weighted by Crippen LogP contribution is -2.28. The van der Waals surface area contributed by atoms with Gasteiger partial charge in [0, 0.05) is 13.7 Å². The number of ether oxygens (including phenoxy) is 2. The zero-order valence-corrected chi connectivity index (χ0v) is 8.54. The van der Waals surface area contributed by atoms with E-state index >= 15 is 0 Å². The molecule has 1 heterocycles. The van der Waals surface area contributed by atoms with Crippen molar-refractivity contribution in [1.29, 1.82) is 0 Å². The number of rotatable bonds is 6. The molecule has 0 saturated heterocycles. The summed E-state index contributed by atoms with van der Waals surface area (Å²) in [4.78, 5) is 11.5.